The first kappa shape index (κ1) is 8.99. The fourth-order valence-electron chi connectivity index (χ4n) is 1.25. The highest BCUT2D eigenvalue weighted by molar-refractivity contribution is 5.92. The van der Waals surface area contributed by atoms with Gasteiger partial charge in [-0.2, -0.15) is 5.10 Å². The van der Waals surface area contributed by atoms with Crippen molar-refractivity contribution in [3.63, 3.8) is 0 Å². The van der Waals surface area contributed by atoms with E-state index in [0.717, 1.165) is 19.5 Å². The maximum atomic E-state index is 10.5. The van der Waals surface area contributed by atoms with Gasteiger partial charge < -0.3 is 5.84 Å². The number of carbonyl (C=O) groups excluding carboxylic acids is 1. The summed E-state index contributed by atoms with van der Waals surface area (Å²) in [7, 11) is 0. The van der Waals surface area contributed by atoms with Gasteiger partial charge in [0.1, 0.15) is 5.84 Å². The summed E-state index contributed by atoms with van der Waals surface area (Å²) >= 11 is 0. The summed E-state index contributed by atoms with van der Waals surface area (Å²) in [4.78, 5) is 14.2. The van der Waals surface area contributed by atoms with Gasteiger partial charge in [0.15, 0.2) is 0 Å². The highest BCUT2D eigenvalue weighted by Crippen LogP contribution is 2.00. The first-order valence-electron chi connectivity index (χ1n) is 4.02. The number of hydrazone groups is 1. The van der Waals surface area contributed by atoms with Crippen molar-refractivity contribution in [1.82, 2.24) is 9.80 Å². The number of likely N-dealkylation sites (N-methyl/N-ethyl adjacent to an activating group) is 1. The lowest BCUT2D eigenvalue weighted by Gasteiger charge is -2.32. The average Bonchev–Trinajstić information content (AvgIpc) is 2.16. The molecule has 0 radical (unpaired) electrons. The minimum atomic E-state index is 0.651. The Morgan fingerprint density at radius 2 is 2.42 bits per heavy atom. The summed E-state index contributed by atoms with van der Waals surface area (Å²) in [6.07, 6.45) is 0.776. The van der Waals surface area contributed by atoms with Crippen molar-refractivity contribution in [2.75, 3.05) is 26.2 Å². The molecule has 5 heteroatoms. The van der Waals surface area contributed by atoms with E-state index in [0.29, 0.717) is 18.9 Å². The Kier molecular flexibility index (Phi) is 3.04. The molecule has 1 rings (SSSR count). The predicted octanol–water partition coefficient (Wildman–Crippen LogP) is -0.947. The fraction of sp³-hybridized carbons (Fsp3) is 0.714. The van der Waals surface area contributed by atoms with Crippen LogP contribution in [0.15, 0.2) is 5.10 Å². The normalized spacial score (nSPS) is 23.1. The first-order valence-corrected chi connectivity index (χ1v) is 4.02. The molecule has 1 amide bonds. The average molecular weight is 170 g/mol. The lowest BCUT2D eigenvalue weighted by atomic mass is 10.3. The van der Waals surface area contributed by atoms with Crippen LogP contribution in [0.5, 0.6) is 0 Å². The van der Waals surface area contributed by atoms with Crippen LogP contribution in [-0.4, -0.2) is 48.2 Å². The van der Waals surface area contributed by atoms with Gasteiger partial charge in [0.2, 0.25) is 6.41 Å². The van der Waals surface area contributed by atoms with Crippen LogP contribution < -0.4 is 5.84 Å². The van der Waals surface area contributed by atoms with Crippen molar-refractivity contribution in [1.29, 1.82) is 0 Å². The maximum absolute atomic E-state index is 10.5. The molecule has 0 aromatic heterocycles. The molecule has 1 aliphatic rings. The molecule has 0 aromatic carbocycles. The number of amidine groups is 1. The van der Waals surface area contributed by atoms with Gasteiger partial charge in [-0.3, -0.25) is 14.6 Å². The molecule has 0 atom stereocenters. The van der Waals surface area contributed by atoms with E-state index in [-0.39, 0.29) is 0 Å². The summed E-state index contributed by atoms with van der Waals surface area (Å²) in [6, 6.07) is 0. The molecule has 0 unspecified atom stereocenters. The summed E-state index contributed by atoms with van der Waals surface area (Å²) in [6.45, 7) is 5.30. The molecule has 2 N–H and O–H groups in total. The van der Waals surface area contributed by atoms with E-state index in [1.54, 1.807) is 4.90 Å². The van der Waals surface area contributed by atoms with Gasteiger partial charge in [-0.15, -0.1) is 0 Å². The summed E-state index contributed by atoms with van der Waals surface area (Å²) in [5.74, 6) is 5.80. The molecule has 1 heterocycles. The molecule has 0 bridgehead atoms. The van der Waals surface area contributed by atoms with Crippen molar-refractivity contribution >= 4 is 12.2 Å². The zero-order valence-corrected chi connectivity index (χ0v) is 7.23. The van der Waals surface area contributed by atoms with E-state index in [4.69, 9.17) is 5.84 Å². The van der Waals surface area contributed by atoms with Crippen molar-refractivity contribution in [3.8, 4) is 0 Å². The van der Waals surface area contributed by atoms with Crippen LogP contribution in [0.1, 0.15) is 6.92 Å². The Labute approximate surface area is 71.8 Å². The fourth-order valence-corrected chi connectivity index (χ4v) is 1.25. The monoisotopic (exact) mass is 170 g/mol. The zero-order valence-electron chi connectivity index (χ0n) is 7.23. The molecule has 12 heavy (non-hydrogen) atoms. The number of rotatable bonds is 2. The topological polar surface area (TPSA) is 61.9 Å². The second-order valence-electron chi connectivity index (χ2n) is 2.71. The second-order valence-corrected chi connectivity index (χ2v) is 2.71. The van der Waals surface area contributed by atoms with E-state index in [2.05, 4.69) is 16.9 Å². The minimum absolute atomic E-state index is 0.651. The summed E-state index contributed by atoms with van der Waals surface area (Å²) in [5, 5.41) is 3.57. The number of carbonyl (C=O) groups is 1. The molecule has 1 aliphatic heterocycles. The number of nitrogens with two attached hydrogens (primary N) is 1. The van der Waals surface area contributed by atoms with Crippen LogP contribution in [0.4, 0.5) is 0 Å². The van der Waals surface area contributed by atoms with Crippen LogP contribution in [0, 0.1) is 0 Å². The highest BCUT2D eigenvalue weighted by Gasteiger charge is 2.20. The second kappa shape index (κ2) is 4.06. The predicted molar refractivity (Wildman–Crippen MR) is 46.5 cm³/mol. The van der Waals surface area contributed by atoms with E-state index >= 15 is 0 Å². The Bertz CT molecular complexity index is 192. The molecule has 1 saturated heterocycles. The molecule has 0 aliphatic carbocycles. The zero-order chi connectivity index (χ0) is 8.97. The maximum Gasteiger partial charge on any atom is 0.215 e. The minimum Gasteiger partial charge on any atom is -0.322 e. The standard InChI is InChI=1S/C7H14N4O/c1-2-10-3-4-11(6-12)7(5-10)9-8/h6H,2-5,8H2,1H3. The molecule has 0 spiro atoms. The van der Waals surface area contributed by atoms with Gasteiger partial charge in [0.25, 0.3) is 0 Å². The van der Waals surface area contributed by atoms with E-state index < -0.39 is 0 Å². The SMILES string of the molecule is CCN1CCN(C=O)C(=NN)C1. The van der Waals surface area contributed by atoms with Crippen molar-refractivity contribution in [2.24, 2.45) is 10.9 Å². The van der Waals surface area contributed by atoms with Gasteiger partial charge in [-0.1, -0.05) is 6.92 Å². The quantitative estimate of drug-likeness (QED) is 0.330. The molecule has 5 nitrogen and oxygen atoms in total. The van der Waals surface area contributed by atoms with Crippen LogP contribution in [-0.2, 0) is 4.79 Å². The number of hydrogen-bond acceptors (Lipinski definition) is 4. The highest BCUT2D eigenvalue weighted by atomic mass is 16.1. The van der Waals surface area contributed by atoms with Crippen LogP contribution >= 0.6 is 0 Å². The Morgan fingerprint density at radius 1 is 1.67 bits per heavy atom. The first-order chi connectivity index (χ1) is 5.81. The van der Waals surface area contributed by atoms with Crippen LogP contribution in [0.25, 0.3) is 0 Å². The van der Waals surface area contributed by atoms with Gasteiger partial charge in [-0.25, -0.2) is 0 Å². The van der Waals surface area contributed by atoms with E-state index in [9.17, 15) is 4.79 Å². The van der Waals surface area contributed by atoms with E-state index in [1.165, 1.54) is 0 Å². The molecule has 0 saturated carbocycles. The molecule has 68 valence electrons. The van der Waals surface area contributed by atoms with Crippen molar-refractivity contribution < 1.29 is 4.79 Å². The molecular formula is C7H14N4O. The largest absolute Gasteiger partial charge is 0.322 e. The van der Waals surface area contributed by atoms with Gasteiger partial charge in [0, 0.05) is 13.1 Å². The Morgan fingerprint density at radius 3 is 2.92 bits per heavy atom. The third-order valence-electron chi connectivity index (χ3n) is 2.08. The number of amides is 1. The molecule has 1 fully saturated rings. The lowest BCUT2D eigenvalue weighted by Crippen LogP contribution is -2.49. The lowest BCUT2D eigenvalue weighted by molar-refractivity contribution is -0.115. The third-order valence-corrected chi connectivity index (χ3v) is 2.08. The Balaban J connectivity index is 2.59. The van der Waals surface area contributed by atoms with Gasteiger partial charge >= 0.3 is 0 Å². The van der Waals surface area contributed by atoms with Gasteiger partial charge in [0.05, 0.1) is 6.54 Å². The smallest absolute Gasteiger partial charge is 0.215 e. The third kappa shape index (κ3) is 1.73. The van der Waals surface area contributed by atoms with Gasteiger partial charge in [-0.05, 0) is 6.54 Å². The van der Waals surface area contributed by atoms with Crippen molar-refractivity contribution in [2.45, 2.75) is 6.92 Å². The number of piperazine rings is 1. The Hall–Kier alpha value is -1.10. The summed E-state index contributed by atoms with van der Waals surface area (Å²) in [5.41, 5.74) is 0. The van der Waals surface area contributed by atoms with Crippen molar-refractivity contribution in [3.05, 3.63) is 0 Å². The summed E-state index contributed by atoms with van der Waals surface area (Å²) < 4.78 is 0. The van der Waals surface area contributed by atoms with E-state index in [1.807, 2.05) is 0 Å². The number of nitrogens with zero attached hydrogens (tertiary/aromatic N) is 3. The van der Waals surface area contributed by atoms with Crippen LogP contribution in [0.3, 0.4) is 0 Å². The van der Waals surface area contributed by atoms with Crippen LogP contribution in [0.2, 0.25) is 0 Å². The number of hydrogen-bond donors (Lipinski definition) is 1. The molecule has 0 aromatic rings. The molecular weight excluding hydrogens is 156 g/mol.